The molecular formula is IrO3Pd. The molecule has 0 saturated carbocycles. The predicted molar refractivity (Wildman–Crippen MR) is 2.06 cm³/mol. The summed E-state index contributed by atoms with van der Waals surface area (Å²) in [5.41, 5.74) is 0. The normalized spacial score (nSPS) is 0. The molecule has 1 radical (unpaired) electrons. The zero-order chi connectivity index (χ0) is 0. The van der Waals surface area contributed by atoms with Gasteiger partial charge in [0.25, 0.3) is 0 Å². The van der Waals surface area contributed by atoms with E-state index in [1.54, 1.807) is 0 Å². The molecule has 5 heteroatoms. The van der Waals surface area contributed by atoms with Crippen molar-refractivity contribution in [2.75, 3.05) is 0 Å². The van der Waals surface area contributed by atoms with Crippen LogP contribution >= 0.6 is 0 Å². The Kier molecular flexibility index (Phi) is 1510. The minimum absolute atomic E-state index is 0. The Labute approximate surface area is 57.1 Å². The van der Waals surface area contributed by atoms with Gasteiger partial charge in [0.2, 0.25) is 0 Å². The van der Waals surface area contributed by atoms with E-state index < -0.39 is 0 Å². The van der Waals surface area contributed by atoms with Crippen LogP contribution in [0.4, 0.5) is 0 Å². The molecule has 0 saturated heterocycles. The minimum atomic E-state index is 0. The van der Waals surface area contributed by atoms with Gasteiger partial charge in [0.1, 0.15) is 0 Å². The second-order valence-corrected chi connectivity index (χ2v) is 0. The zero-order valence-corrected chi connectivity index (χ0v) is 5.82. The van der Waals surface area contributed by atoms with Crippen LogP contribution in [-0.2, 0) is 57.0 Å². The van der Waals surface area contributed by atoms with E-state index >= 15 is 0 Å². The smallest absolute Gasteiger partial charge is 2.00 e. The first-order chi connectivity index (χ1) is 0. The van der Waals surface area contributed by atoms with Crippen molar-refractivity contribution in [3.05, 3.63) is 0 Å². The average molecular weight is 347 g/mol. The Hall–Kier alpha value is 1.19. The van der Waals surface area contributed by atoms with Crippen LogP contribution in [0.15, 0.2) is 0 Å². The molecule has 0 aliphatic carbocycles. The quantitative estimate of drug-likeness (QED) is 0.536. The molecule has 0 amide bonds. The van der Waals surface area contributed by atoms with Gasteiger partial charge >= 0.3 is 40.5 Å². The Bertz CT molecular complexity index is 6.85. The van der Waals surface area contributed by atoms with E-state index in [4.69, 9.17) is 0 Å². The SMILES string of the molecule is [Ir+4].[O-2].[O-2].[O-2].[Pd+2]. The van der Waals surface area contributed by atoms with Crippen molar-refractivity contribution in [2.45, 2.75) is 0 Å². The third kappa shape index (κ3) is 37.2. The van der Waals surface area contributed by atoms with Gasteiger partial charge in [-0.1, -0.05) is 0 Å². The topological polar surface area (TPSA) is 85.5 Å². The van der Waals surface area contributed by atoms with Crippen molar-refractivity contribution in [2.24, 2.45) is 0 Å². The predicted octanol–water partition coefficient (Wildman–Crippen LogP) is -0.361. The largest absolute Gasteiger partial charge is 4.00 e. The molecule has 0 atom stereocenters. The molecule has 0 aromatic heterocycles. The average Bonchev–Trinajstić information content (AvgIpc) is 0. The first-order valence-corrected chi connectivity index (χ1v) is 0. The minimum Gasteiger partial charge on any atom is -2.00 e. The molecule has 0 rings (SSSR count). The maximum atomic E-state index is 0. The maximum Gasteiger partial charge on any atom is 4.00 e. The van der Waals surface area contributed by atoms with Crippen molar-refractivity contribution in [1.29, 1.82) is 0 Å². The van der Waals surface area contributed by atoms with Crippen LogP contribution < -0.4 is 0 Å². The third-order valence-corrected chi connectivity index (χ3v) is 0. The molecule has 5 heavy (non-hydrogen) atoms. The van der Waals surface area contributed by atoms with Crippen molar-refractivity contribution in [1.82, 2.24) is 0 Å². The van der Waals surface area contributed by atoms with Crippen LogP contribution in [0.25, 0.3) is 0 Å². The summed E-state index contributed by atoms with van der Waals surface area (Å²) >= 11 is 0. The second kappa shape index (κ2) is 64.2. The van der Waals surface area contributed by atoms with Gasteiger partial charge in [0.05, 0.1) is 0 Å². The van der Waals surface area contributed by atoms with Crippen LogP contribution in [0.5, 0.6) is 0 Å². The van der Waals surface area contributed by atoms with Crippen molar-refractivity contribution < 1.29 is 57.0 Å². The molecule has 0 aromatic rings. The van der Waals surface area contributed by atoms with Gasteiger partial charge in [0.15, 0.2) is 0 Å². The molecule has 3 nitrogen and oxygen atoms in total. The third-order valence-electron chi connectivity index (χ3n) is 0. The molecule has 0 heterocycles. The van der Waals surface area contributed by atoms with Crippen LogP contribution in [0.3, 0.4) is 0 Å². The fourth-order valence-electron chi connectivity index (χ4n) is 0. The van der Waals surface area contributed by atoms with Gasteiger partial charge in [0, 0.05) is 0 Å². The van der Waals surface area contributed by atoms with Crippen LogP contribution in [0, 0.1) is 0 Å². The van der Waals surface area contributed by atoms with E-state index in [9.17, 15) is 0 Å². The van der Waals surface area contributed by atoms with Gasteiger partial charge in [-0.05, 0) is 0 Å². The van der Waals surface area contributed by atoms with E-state index in [1.165, 1.54) is 0 Å². The summed E-state index contributed by atoms with van der Waals surface area (Å²) in [6.07, 6.45) is 0. The molecule has 0 spiro atoms. The molecule has 0 fully saturated rings. The molecular weight excluding hydrogens is 347 g/mol. The fourth-order valence-corrected chi connectivity index (χ4v) is 0. The van der Waals surface area contributed by atoms with E-state index in [2.05, 4.69) is 0 Å². The molecule has 0 aliphatic heterocycles. The van der Waals surface area contributed by atoms with Gasteiger partial charge in [-0.2, -0.15) is 0 Å². The summed E-state index contributed by atoms with van der Waals surface area (Å²) in [4.78, 5) is 0. The standard InChI is InChI=1S/Ir.3O.Pd/q+4;3*-2;+2. The molecule has 0 aromatic carbocycles. The first-order valence-electron chi connectivity index (χ1n) is 0. The number of hydrogen-bond acceptors (Lipinski definition) is 0. The summed E-state index contributed by atoms with van der Waals surface area (Å²) in [5, 5.41) is 0. The van der Waals surface area contributed by atoms with Crippen LogP contribution in [0.1, 0.15) is 0 Å². The first kappa shape index (κ1) is 118. The van der Waals surface area contributed by atoms with Gasteiger partial charge < -0.3 is 16.4 Å². The van der Waals surface area contributed by atoms with E-state index in [1.807, 2.05) is 0 Å². The molecule has 0 N–H and O–H groups in total. The molecule has 0 aliphatic rings. The summed E-state index contributed by atoms with van der Waals surface area (Å²) in [6, 6.07) is 0. The van der Waals surface area contributed by atoms with Crippen molar-refractivity contribution >= 4 is 0 Å². The number of rotatable bonds is 0. The van der Waals surface area contributed by atoms with Crippen molar-refractivity contribution in [3.63, 3.8) is 0 Å². The molecule has 37 valence electrons. The van der Waals surface area contributed by atoms with E-state index in [0.29, 0.717) is 0 Å². The number of hydrogen-bond donors (Lipinski definition) is 0. The Morgan fingerprint density at radius 2 is 0.600 bits per heavy atom. The maximum absolute atomic E-state index is 0. The van der Waals surface area contributed by atoms with Crippen molar-refractivity contribution in [3.8, 4) is 0 Å². The van der Waals surface area contributed by atoms with Crippen LogP contribution in [-0.4, -0.2) is 0 Å². The van der Waals surface area contributed by atoms with Gasteiger partial charge in [-0.3, -0.25) is 0 Å². The summed E-state index contributed by atoms with van der Waals surface area (Å²) < 4.78 is 0. The van der Waals surface area contributed by atoms with Gasteiger partial charge in [-0.15, -0.1) is 0 Å². The molecule has 0 bridgehead atoms. The second-order valence-electron chi connectivity index (χ2n) is 0. The van der Waals surface area contributed by atoms with Gasteiger partial charge in [-0.25, -0.2) is 0 Å². The Morgan fingerprint density at radius 1 is 0.600 bits per heavy atom. The Morgan fingerprint density at radius 3 is 0.600 bits per heavy atom. The van der Waals surface area contributed by atoms with Crippen LogP contribution in [0.2, 0.25) is 0 Å². The fraction of sp³-hybridized carbons (Fsp3) is 0. The summed E-state index contributed by atoms with van der Waals surface area (Å²) in [5.74, 6) is 0. The molecule has 0 unspecified atom stereocenters. The van der Waals surface area contributed by atoms with E-state index in [0.717, 1.165) is 0 Å². The van der Waals surface area contributed by atoms with E-state index in [-0.39, 0.29) is 57.0 Å². The Balaban J connectivity index is 0. The summed E-state index contributed by atoms with van der Waals surface area (Å²) in [6.45, 7) is 0. The zero-order valence-electron chi connectivity index (χ0n) is 1.87. The summed E-state index contributed by atoms with van der Waals surface area (Å²) in [7, 11) is 0. The monoisotopic (exact) mass is 347 g/mol.